The molecule has 3 saturated heterocycles. The van der Waals surface area contributed by atoms with Crippen molar-refractivity contribution in [3.05, 3.63) is 35.2 Å². The molecule has 0 unspecified atom stereocenters. The van der Waals surface area contributed by atoms with E-state index in [0.717, 1.165) is 79.9 Å². The highest BCUT2D eigenvalue weighted by molar-refractivity contribution is 5.73. The molecule has 1 amide bonds. The Hall–Kier alpha value is -3.11. The average molecular weight is 523 g/mol. The first-order valence-corrected chi connectivity index (χ1v) is 13.7. The molecule has 0 saturated carbocycles. The van der Waals surface area contributed by atoms with Crippen LogP contribution >= 0.6 is 0 Å². The summed E-state index contributed by atoms with van der Waals surface area (Å²) in [6, 6.07) is 4.90. The SMILES string of the molecule is Cc1cc([C@@H]2CCN(C3CN(C(=O)OC(C)(C)C)C3)C2)cc2c1OCc1c(ncnc1N1CCOCC1)N2. The van der Waals surface area contributed by atoms with E-state index in [1.807, 2.05) is 25.7 Å². The summed E-state index contributed by atoms with van der Waals surface area (Å²) in [6.45, 7) is 14.8. The number of hydrogen-bond acceptors (Lipinski definition) is 9. The Morgan fingerprint density at radius 2 is 1.89 bits per heavy atom. The lowest BCUT2D eigenvalue weighted by Gasteiger charge is -2.44. The molecule has 6 rings (SSSR count). The second kappa shape index (κ2) is 9.89. The fourth-order valence-electron chi connectivity index (χ4n) is 5.84. The predicted molar refractivity (Wildman–Crippen MR) is 144 cm³/mol. The zero-order chi connectivity index (χ0) is 26.4. The lowest BCUT2D eigenvalue weighted by molar-refractivity contribution is -0.0114. The molecule has 3 fully saturated rings. The molecule has 0 radical (unpaired) electrons. The van der Waals surface area contributed by atoms with Crippen LogP contribution in [0.15, 0.2) is 18.5 Å². The quantitative estimate of drug-likeness (QED) is 0.648. The summed E-state index contributed by atoms with van der Waals surface area (Å²) in [7, 11) is 0. The third kappa shape index (κ3) is 4.99. The third-order valence-electron chi connectivity index (χ3n) is 7.87. The van der Waals surface area contributed by atoms with Crippen LogP contribution in [0.3, 0.4) is 0 Å². The number of carbonyl (C=O) groups is 1. The summed E-state index contributed by atoms with van der Waals surface area (Å²) in [6.07, 6.45) is 2.52. The van der Waals surface area contributed by atoms with Crippen molar-refractivity contribution < 1.29 is 19.0 Å². The van der Waals surface area contributed by atoms with Crippen molar-refractivity contribution in [3.8, 4) is 5.75 Å². The number of aryl methyl sites for hydroxylation is 1. The van der Waals surface area contributed by atoms with E-state index in [4.69, 9.17) is 14.2 Å². The Labute approximate surface area is 224 Å². The number of hydrogen-bond donors (Lipinski definition) is 1. The van der Waals surface area contributed by atoms with Gasteiger partial charge in [-0.1, -0.05) is 6.07 Å². The van der Waals surface area contributed by atoms with E-state index >= 15 is 0 Å². The molecular formula is C28H38N6O4. The Kier molecular flexibility index (Phi) is 6.55. The number of ether oxygens (including phenoxy) is 3. The van der Waals surface area contributed by atoms with Gasteiger partial charge in [0.2, 0.25) is 0 Å². The molecule has 1 atom stereocenters. The van der Waals surface area contributed by atoms with Crippen molar-refractivity contribution in [2.24, 2.45) is 0 Å². The van der Waals surface area contributed by atoms with Crippen LogP contribution in [0.25, 0.3) is 0 Å². The van der Waals surface area contributed by atoms with E-state index in [1.165, 1.54) is 5.56 Å². The van der Waals surface area contributed by atoms with Crippen LogP contribution in [0.4, 0.5) is 22.1 Å². The van der Waals surface area contributed by atoms with Gasteiger partial charge in [-0.05, 0) is 63.8 Å². The number of benzene rings is 1. The maximum absolute atomic E-state index is 12.3. The van der Waals surface area contributed by atoms with E-state index in [2.05, 4.69) is 44.1 Å². The minimum absolute atomic E-state index is 0.210. The number of nitrogens with zero attached hydrogens (tertiary/aromatic N) is 5. The van der Waals surface area contributed by atoms with E-state index < -0.39 is 5.60 Å². The first-order chi connectivity index (χ1) is 18.2. The molecule has 0 bridgehead atoms. The van der Waals surface area contributed by atoms with Crippen LogP contribution in [-0.2, 0) is 16.1 Å². The normalized spacial score (nSPS) is 22.1. The largest absolute Gasteiger partial charge is 0.486 e. The molecule has 4 aliphatic heterocycles. The lowest BCUT2D eigenvalue weighted by Crippen LogP contribution is -2.61. The van der Waals surface area contributed by atoms with Crippen LogP contribution in [0.1, 0.15) is 49.8 Å². The molecular weight excluding hydrogens is 484 g/mol. The molecule has 10 nitrogen and oxygen atoms in total. The molecule has 2 aromatic rings. The molecule has 1 N–H and O–H groups in total. The number of anilines is 3. The zero-order valence-electron chi connectivity index (χ0n) is 22.8. The van der Waals surface area contributed by atoms with Crippen LogP contribution in [0.5, 0.6) is 5.75 Å². The van der Waals surface area contributed by atoms with Crippen LogP contribution in [0, 0.1) is 6.92 Å². The molecule has 0 aliphatic carbocycles. The molecule has 0 spiro atoms. The highest BCUT2D eigenvalue weighted by atomic mass is 16.6. The number of aromatic nitrogens is 2. The molecule has 10 heteroatoms. The maximum Gasteiger partial charge on any atom is 0.410 e. The summed E-state index contributed by atoms with van der Waals surface area (Å²) in [5, 5.41) is 3.57. The molecule has 4 aliphatic rings. The van der Waals surface area contributed by atoms with E-state index in [-0.39, 0.29) is 6.09 Å². The Morgan fingerprint density at radius 1 is 1.11 bits per heavy atom. The van der Waals surface area contributed by atoms with Gasteiger partial charge in [-0.2, -0.15) is 0 Å². The van der Waals surface area contributed by atoms with Crippen molar-refractivity contribution in [3.63, 3.8) is 0 Å². The van der Waals surface area contributed by atoms with Gasteiger partial charge >= 0.3 is 6.09 Å². The Bertz CT molecular complexity index is 1200. The van der Waals surface area contributed by atoms with E-state index in [0.29, 0.717) is 31.8 Å². The maximum atomic E-state index is 12.3. The van der Waals surface area contributed by atoms with Crippen molar-refractivity contribution in [1.29, 1.82) is 0 Å². The summed E-state index contributed by atoms with van der Waals surface area (Å²) in [4.78, 5) is 28.1. The minimum atomic E-state index is -0.460. The van der Waals surface area contributed by atoms with Gasteiger partial charge in [0, 0.05) is 38.8 Å². The second-order valence-electron chi connectivity index (χ2n) is 11.8. The van der Waals surface area contributed by atoms with Crippen molar-refractivity contribution >= 4 is 23.4 Å². The summed E-state index contributed by atoms with van der Waals surface area (Å²) in [5.41, 5.74) is 3.92. The number of likely N-dealkylation sites (tertiary alicyclic amines) is 2. The number of nitrogens with one attached hydrogen (secondary N) is 1. The first kappa shape index (κ1) is 25.2. The fourth-order valence-corrected chi connectivity index (χ4v) is 5.84. The molecule has 38 heavy (non-hydrogen) atoms. The highest BCUT2D eigenvalue weighted by Gasteiger charge is 2.40. The predicted octanol–water partition coefficient (Wildman–Crippen LogP) is 3.67. The van der Waals surface area contributed by atoms with Gasteiger partial charge in [0.25, 0.3) is 0 Å². The topological polar surface area (TPSA) is 92.3 Å². The van der Waals surface area contributed by atoms with Gasteiger partial charge in [0.15, 0.2) is 0 Å². The molecule has 1 aromatic heterocycles. The number of morpholine rings is 1. The fraction of sp³-hybridized carbons (Fsp3) is 0.607. The summed E-state index contributed by atoms with van der Waals surface area (Å²) in [5.74, 6) is 3.04. The van der Waals surface area contributed by atoms with E-state index in [9.17, 15) is 4.79 Å². The van der Waals surface area contributed by atoms with Gasteiger partial charge in [-0.25, -0.2) is 14.8 Å². The van der Waals surface area contributed by atoms with Crippen molar-refractivity contribution in [2.75, 3.05) is 62.7 Å². The van der Waals surface area contributed by atoms with Crippen molar-refractivity contribution in [1.82, 2.24) is 19.8 Å². The standard InChI is InChI=1S/C28H38N6O4/c1-18-11-20(19-5-6-33(13-19)21-14-34(15-21)27(35)38-28(2,3)4)12-23-24(18)37-16-22-25(31-23)29-17-30-26(22)32-7-9-36-10-8-32/h11-12,17,19,21H,5-10,13-16H2,1-4H3,(H,29,30,31)/t19-/m1/s1. The van der Waals surface area contributed by atoms with Gasteiger partial charge in [0.05, 0.1) is 24.5 Å². The number of rotatable bonds is 3. The van der Waals surface area contributed by atoms with Gasteiger partial charge < -0.3 is 29.3 Å². The van der Waals surface area contributed by atoms with Gasteiger partial charge in [-0.15, -0.1) is 0 Å². The number of fused-ring (bicyclic) bond motifs is 2. The number of amides is 1. The van der Waals surface area contributed by atoms with Crippen LogP contribution in [0.2, 0.25) is 0 Å². The first-order valence-electron chi connectivity index (χ1n) is 13.7. The van der Waals surface area contributed by atoms with Crippen LogP contribution < -0.4 is 15.0 Å². The smallest absolute Gasteiger partial charge is 0.410 e. The molecule has 5 heterocycles. The second-order valence-corrected chi connectivity index (χ2v) is 11.8. The minimum Gasteiger partial charge on any atom is -0.486 e. The van der Waals surface area contributed by atoms with Gasteiger partial charge in [-0.3, -0.25) is 4.90 Å². The summed E-state index contributed by atoms with van der Waals surface area (Å²) < 4.78 is 17.4. The summed E-state index contributed by atoms with van der Waals surface area (Å²) >= 11 is 0. The highest BCUT2D eigenvalue weighted by Crippen LogP contribution is 2.41. The average Bonchev–Trinajstić information content (AvgIpc) is 3.23. The van der Waals surface area contributed by atoms with Gasteiger partial charge in [0.1, 0.15) is 35.9 Å². The Balaban J connectivity index is 1.14. The van der Waals surface area contributed by atoms with E-state index in [1.54, 1.807) is 6.33 Å². The van der Waals surface area contributed by atoms with Crippen molar-refractivity contribution in [2.45, 2.75) is 58.3 Å². The molecule has 204 valence electrons. The Morgan fingerprint density at radius 3 is 2.66 bits per heavy atom. The number of carbonyl (C=O) groups excluding carboxylic acids is 1. The molecule has 1 aromatic carbocycles. The zero-order valence-corrected chi connectivity index (χ0v) is 22.8. The third-order valence-corrected chi connectivity index (χ3v) is 7.87. The monoisotopic (exact) mass is 522 g/mol. The lowest BCUT2D eigenvalue weighted by atomic mass is 9.95. The van der Waals surface area contributed by atoms with Crippen LogP contribution in [-0.4, -0.2) is 90.0 Å².